The molecule has 21 heavy (non-hydrogen) atoms. The van der Waals surface area contributed by atoms with Gasteiger partial charge in [0.15, 0.2) is 0 Å². The van der Waals surface area contributed by atoms with Crippen LogP contribution in [0.25, 0.3) is 0 Å². The van der Waals surface area contributed by atoms with E-state index in [-0.39, 0.29) is 5.97 Å². The van der Waals surface area contributed by atoms with E-state index < -0.39 is 17.2 Å². The second-order valence-electron chi connectivity index (χ2n) is 5.40. The molecule has 1 aromatic carbocycles. The van der Waals surface area contributed by atoms with E-state index in [1.165, 1.54) is 12.1 Å². The first kappa shape index (κ1) is 17.5. The van der Waals surface area contributed by atoms with Crippen LogP contribution in [0.4, 0.5) is 13.2 Å². The lowest BCUT2D eigenvalue weighted by Gasteiger charge is -2.22. The first-order valence-electron chi connectivity index (χ1n) is 6.71. The molecule has 0 fully saturated rings. The van der Waals surface area contributed by atoms with E-state index in [0.29, 0.717) is 19.7 Å². The van der Waals surface area contributed by atoms with E-state index in [1.807, 2.05) is 0 Å². The van der Waals surface area contributed by atoms with E-state index in [4.69, 9.17) is 4.74 Å². The Bertz CT molecular complexity index is 467. The highest BCUT2D eigenvalue weighted by atomic mass is 19.4. The molecule has 0 aliphatic rings. The molecule has 0 aliphatic carbocycles. The van der Waals surface area contributed by atoms with Gasteiger partial charge in [-0.15, -0.1) is 0 Å². The summed E-state index contributed by atoms with van der Waals surface area (Å²) < 4.78 is 42.2. The van der Waals surface area contributed by atoms with E-state index in [9.17, 15) is 18.0 Å². The van der Waals surface area contributed by atoms with Crippen LogP contribution in [0.5, 0.6) is 0 Å². The lowest BCUT2D eigenvalue weighted by Crippen LogP contribution is -2.37. The third kappa shape index (κ3) is 5.38. The van der Waals surface area contributed by atoms with Crippen LogP contribution in [0.2, 0.25) is 0 Å². The molecule has 1 rings (SSSR count). The van der Waals surface area contributed by atoms with Gasteiger partial charge in [-0.2, -0.15) is 13.2 Å². The molecule has 0 aliphatic heterocycles. The molecule has 3 nitrogen and oxygen atoms in total. The van der Waals surface area contributed by atoms with Gasteiger partial charge in [-0.25, -0.2) is 0 Å². The zero-order chi connectivity index (χ0) is 16.1. The predicted octanol–water partition coefficient (Wildman–Crippen LogP) is 3.38. The minimum Gasteiger partial charge on any atom is -0.466 e. The van der Waals surface area contributed by atoms with E-state index in [0.717, 1.165) is 17.7 Å². The Morgan fingerprint density at radius 1 is 1.19 bits per heavy atom. The zero-order valence-electron chi connectivity index (χ0n) is 12.4. The number of rotatable bonds is 6. The van der Waals surface area contributed by atoms with Gasteiger partial charge in [-0.3, -0.25) is 4.79 Å². The van der Waals surface area contributed by atoms with Gasteiger partial charge in [-0.05, 0) is 38.5 Å². The van der Waals surface area contributed by atoms with Crippen LogP contribution in [0.1, 0.15) is 31.9 Å². The summed E-state index contributed by atoms with van der Waals surface area (Å²) in [6.45, 7) is 6.34. The minimum atomic E-state index is -4.32. The van der Waals surface area contributed by atoms with Crippen molar-refractivity contribution < 1.29 is 22.7 Å². The highest BCUT2D eigenvalue weighted by molar-refractivity contribution is 5.76. The fourth-order valence-electron chi connectivity index (χ4n) is 1.73. The highest BCUT2D eigenvalue weighted by Gasteiger charge is 2.30. The van der Waals surface area contributed by atoms with Crippen molar-refractivity contribution in [2.45, 2.75) is 33.5 Å². The fraction of sp³-hybridized carbons (Fsp3) is 0.533. The van der Waals surface area contributed by atoms with Crippen LogP contribution < -0.4 is 5.32 Å². The number of ether oxygens (including phenoxy) is 1. The van der Waals surface area contributed by atoms with Gasteiger partial charge >= 0.3 is 12.1 Å². The molecule has 0 aromatic heterocycles. The summed E-state index contributed by atoms with van der Waals surface area (Å²) >= 11 is 0. The van der Waals surface area contributed by atoms with Crippen molar-refractivity contribution in [2.24, 2.45) is 5.41 Å². The molecule has 0 saturated heterocycles. The van der Waals surface area contributed by atoms with Gasteiger partial charge in [0.2, 0.25) is 0 Å². The maximum atomic E-state index is 12.4. The summed E-state index contributed by atoms with van der Waals surface area (Å²) in [5.41, 5.74) is -0.622. The van der Waals surface area contributed by atoms with Gasteiger partial charge in [0.05, 0.1) is 17.6 Å². The summed E-state index contributed by atoms with van der Waals surface area (Å²) in [7, 11) is 0. The van der Waals surface area contributed by atoms with Crippen molar-refractivity contribution in [1.29, 1.82) is 0 Å². The molecule has 0 atom stereocenters. The van der Waals surface area contributed by atoms with Crippen molar-refractivity contribution in [2.75, 3.05) is 13.2 Å². The number of nitrogens with one attached hydrogen (secondary N) is 1. The zero-order valence-corrected chi connectivity index (χ0v) is 12.4. The van der Waals surface area contributed by atoms with Gasteiger partial charge < -0.3 is 10.1 Å². The van der Waals surface area contributed by atoms with Gasteiger partial charge in [0.1, 0.15) is 0 Å². The molecule has 0 radical (unpaired) electrons. The summed E-state index contributed by atoms with van der Waals surface area (Å²) in [5.74, 6) is -0.301. The minimum absolute atomic E-state index is 0.301. The average molecular weight is 303 g/mol. The number of benzene rings is 1. The maximum absolute atomic E-state index is 12.4. The molecule has 0 bridgehead atoms. The number of hydrogen-bond acceptors (Lipinski definition) is 3. The van der Waals surface area contributed by atoms with Crippen LogP contribution in [-0.4, -0.2) is 19.1 Å². The SMILES string of the molecule is CCOC(=O)C(C)(C)CNCc1ccc(C(F)(F)F)cc1. The van der Waals surface area contributed by atoms with Gasteiger partial charge in [0, 0.05) is 13.1 Å². The standard InChI is InChI=1S/C15H20F3NO2/c1-4-21-13(20)14(2,3)10-19-9-11-5-7-12(8-6-11)15(16,17)18/h5-8,19H,4,9-10H2,1-3H3. The number of alkyl halides is 3. The predicted molar refractivity (Wildman–Crippen MR) is 73.6 cm³/mol. The number of halogens is 3. The maximum Gasteiger partial charge on any atom is 0.416 e. The van der Waals surface area contributed by atoms with Crippen LogP contribution >= 0.6 is 0 Å². The molecule has 0 spiro atoms. The monoisotopic (exact) mass is 303 g/mol. The molecule has 1 N–H and O–H groups in total. The van der Waals surface area contributed by atoms with E-state index in [2.05, 4.69) is 5.32 Å². The lowest BCUT2D eigenvalue weighted by molar-refractivity contribution is -0.153. The van der Waals surface area contributed by atoms with Crippen molar-refractivity contribution in [3.8, 4) is 0 Å². The summed E-state index contributed by atoms with van der Waals surface area (Å²) in [4.78, 5) is 11.7. The molecule has 0 amide bonds. The van der Waals surface area contributed by atoms with Crippen LogP contribution in [-0.2, 0) is 22.3 Å². The Balaban J connectivity index is 2.51. The smallest absolute Gasteiger partial charge is 0.416 e. The number of hydrogen-bond donors (Lipinski definition) is 1. The quantitative estimate of drug-likeness (QED) is 0.819. The number of esters is 1. The molecule has 6 heteroatoms. The highest BCUT2D eigenvalue weighted by Crippen LogP contribution is 2.29. The first-order valence-corrected chi connectivity index (χ1v) is 6.71. The summed E-state index contributed by atoms with van der Waals surface area (Å²) in [6.07, 6.45) is -4.32. The molecular weight excluding hydrogens is 283 g/mol. The molecule has 0 heterocycles. The Morgan fingerprint density at radius 2 is 1.76 bits per heavy atom. The molecular formula is C15H20F3NO2. The third-order valence-corrected chi connectivity index (χ3v) is 3.01. The average Bonchev–Trinajstić information content (AvgIpc) is 2.38. The molecule has 0 saturated carbocycles. The topological polar surface area (TPSA) is 38.3 Å². The molecule has 118 valence electrons. The Hall–Kier alpha value is -1.56. The van der Waals surface area contributed by atoms with E-state index in [1.54, 1.807) is 20.8 Å². The lowest BCUT2D eigenvalue weighted by atomic mass is 9.93. The normalized spacial score (nSPS) is 12.3. The van der Waals surface area contributed by atoms with Crippen molar-refractivity contribution in [3.05, 3.63) is 35.4 Å². The molecule has 0 unspecified atom stereocenters. The van der Waals surface area contributed by atoms with Crippen LogP contribution in [0, 0.1) is 5.41 Å². The van der Waals surface area contributed by atoms with Crippen LogP contribution in [0.15, 0.2) is 24.3 Å². The fourth-order valence-corrected chi connectivity index (χ4v) is 1.73. The van der Waals surface area contributed by atoms with Crippen LogP contribution in [0.3, 0.4) is 0 Å². The third-order valence-electron chi connectivity index (χ3n) is 3.01. The second kappa shape index (κ2) is 6.93. The Morgan fingerprint density at radius 3 is 2.24 bits per heavy atom. The van der Waals surface area contributed by atoms with Gasteiger partial charge in [0.25, 0.3) is 0 Å². The first-order chi connectivity index (χ1) is 9.66. The Kier molecular flexibility index (Phi) is 5.78. The summed E-state index contributed by atoms with van der Waals surface area (Å²) in [5, 5.41) is 3.06. The largest absolute Gasteiger partial charge is 0.466 e. The summed E-state index contributed by atoms with van der Waals surface area (Å²) in [6, 6.07) is 4.95. The molecule has 1 aromatic rings. The number of carbonyl (C=O) groups excluding carboxylic acids is 1. The van der Waals surface area contributed by atoms with E-state index >= 15 is 0 Å². The number of carbonyl (C=O) groups is 1. The second-order valence-corrected chi connectivity index (χ2v) is 5.40. The van der Waals surface area contributed by atoms with Crippen molar-refractivity contribution in [1.82, 2.24) is 5.32 Å². The van der Waals surface area contributed by atoms with Crippen molar-refractivity contribution in [3.63, 3.8) is 0 Å². The Labute approximate surface area is 122 Å². The van der Waals surface area contributed by atoms with Crippen molar-refractivity contribution >= 4 is 5.97 Å². The van der Waals surface area contributed by atoms with Gasteiger partial charge in [-0.1, -0.05) is 12.1 Å².